The van der Waals surface area contributed by atoms with Crippen molar-refractivity contribution in [3.05, 3.63) is 58.7 Å². The molecule has 0 unspecified atom stereocenters. The maximum Gasteiger partial charge on any atom is 0.338 e. The molecule has 138 valence electrons. The highest BCUT2D eigenvalue weighted by Gasteiger charge is 2.13. The molecular formula is C22H26O4. The molecule has 4 heteroatoms. The number of esters is 2. The Labute approximate surface area is 154 Å². The van der Waals surface area contributed by atoms with Crippen LogP contribution >= 0.6 is 0 Å². The lowest BCUT2D eigenvalue weighted by atomic mass is 10.0. The molecule has 0 heterocycles. The summed E-state index contributed by atoms with van der Waals surface area (Å²) < 4.78 is 10.7. The zero-order valence-corrected chi connectivity index (χ0v) is 15.2. The van der Waals surface area contributed by atoms with Gasteiger partial charge in [0.1, 0.15) is 13.2 Å². The molecule has 0 bridgehead atoms. The lowest BCUT2D eigenvalue weighted by molar-refractivity contribution is 0.0522. The highest BCUT2D eigenvalue weighted by molar-refractivity contribution is 5.93. The molecule has 1 aromatic rings. The predicted octanol–water partition coefficient (Wildman–Crippen LogP) is 5.00. The van der Waals surface area contributed by atoms with Crippen LogP contribution in [-0.4, -0.2) is 25.2 Å². The van der Waals surface area contributed by atoms with Crippen LogP contribution in [0.3, 0.4) is 0 Å². The van der Waals surface area contributed by atoms with Crippen LogP contribution in [0.1, 0.15) is 72.1 Å². The van der Waals surface area contributed by atoms with E-state index in [1.807, 2.05) is 0 Å². The average Bonchev–Trinajstić information content (AvgIpc) is 2.72. The molecular weight excluding hydrogens is 328 g/mol. The van der Waals surface area contributed by atoms with E-state index in [0.717, 1.165) is 38.5 Å². The maximum absolute atomic E-state index is 12.1. The van der Waals surface area contributed by atoms with E-state index in [4.69, 9.17) is 9.47 Å². The van der Waals surface area contributed by atoms with Gasteiger partial charge in [0.25, 0.3) is 0 Å². The Morgan fingerprint density at radius 2 is 1.12 bits per heavy atom. The van der Waals surface area contributed by atoms with E-state index in [-0.39, 0.29) is 11.9 Å². The summed E-state index contributed by atoms with van der Waals surface area (Å²) in [6, 6.07) is 6.48. The molecule has 2 aliphatic rings. The number of allylic oxidation sites excluding steroid dienone is 2. The Hall–Kier alpha value is -2.36. The molecule has 4 nitrogen and oxygen atoms in total. The molecule has 0 saturated heterocycles. The summed E-state index contributed by atoms with van der Waals surface area (Å²) in [6.07, 6.45) is 13.2. The summed E-state index contributed by atoms with van der Waals surface area (Å²) in [5, 5.41) is 0. The fourth-order valence-corrected chi connectivity index (χ4v) is 3.30. The summed E-state index contributed by atoms with van der Waals surface area (Å²) in [5.74, 6) is -0.715. The van der Waals surface area contributed by atoms with E-state index in [0.29, 0.717) is 24.3 Å². The molecule has 0 aliphatic heterocycles. The molecule has 0 spiro atoms. The quantitative estimate of drug-likeness (QED) is 0.533. The van der Waals surface area contributed by atoms with Gasteiger partial charge >= 0.3 is 11.9 Å². The highest BCUT2D eigenvalue weighted by Crippen LogP contribution is 2.19. The number of benzene rings is 1. The van der Waals surface area contributed by atoms with E-state index in [1.54, 1.807) is 24.3 Å². The lowest BCUT2D eigenvalue weighted by Crippen LogP contribution is -2.11. The molecule has 0 radical (unpaired) electrons. The second-order valence-electron chi connectivity index (χ2n) is 6.95. The zero-order chi connectivity index (χ0) is 18.2. The van der Waals surface area contributed by atoms with Crippen LogP contribution in [0.25, 0.3) is 0 Å². The maximum atomic E-state index is 12.1. The van der Waals surface area contributed by atoms with Gasteiger partial charge in [-0.05, 0) is 86.8 Å². The lowest BCUT2D eigenvalue weighted by Gasteiger charge is -2.13. The van der Waals surface area contributed by atoms with Crippen molar-refractivity contribution in [2.75, 3.05) is 13.2 Å². The summed E-state index contributed by atoms with van der Waals surface area (Å²) in [6.45, 7) is 0.718. The third kappa shape index (κ3) is 5.32. The minimum atomic E-state index is -0.358. The number of carbonyl (C=O) groups is 2. The van der Waals surface area contributed by atoms with Gasteiger partial charge in [-0.2, -0.15) is 0 Å². The normalized spacial score (nSPS) is 17.1. The molecule has 0 amide bonds. The predicted molar refractivity (Wildman–Crippen MR) is 100 cm³/mol. The van der Waals surface area contributed by atoms with Crippen molar-refractivity contribution in [3.63, 3.8) is 0 Å². The van der Waals surface area contributed by atoms with E-state index < -0.39 is 0 Å². The van der Waals surface area contributed by atoms with Gasteiger partial charge < -0.3 is 9.47 Å². The van der Waals surface area contributed by atoms with Crippen molar-refractivity contribution in [2.45, 2.75) is 51.4 Å². The first-order valence-corrected chi connectivity index (χ1v) is 9.52. The first-order chi connectivity index (χ1) is 12.7. The number of carbonyl (C=O) groups excluding carboxylic acids is 2. The fraction of sp³-hybridized carbons (Fsp3) is 0.455. The topological polar surface area (TPSA) is 52.6 Å². The third-order valence-corrected chi connectivity index (χ3v) is 4.90. The SMILES string of the molecule is O=C(OCC1=CCCCC1)c1ccc(C(=O)OCC2=CCCCC2)cc1. The Morgan fingerprint density at radius 3 is 1.46 bits per heavy atom. The molecule has 0 atom stereocenters. The smallest absolute Gasteiger partial charge is 0.338 e. The molecule has 3 rings (SSSR count). The number of ether oxygens (including phenoxy) is 2. The van der Waals surface area contributed by atoms with Crippen LogP contribution in [0, 0.1) is 0 Å². The molecule has 26 heavy (non-hydrogen) atoms. The van der Waals surface area contributed by atoms with Gasteiger partial charge in [-0.25, -0.2) is 9.59 Å². The van der Waals surface area contributed by atoms with Crippen molar-refractivity contribution >= 4 is 11.9 Å². The first-order valence-electron chi connectivity index (χ1n) is 9.52. The van der Waals surface area contributed by atoms with E-state index in [1.165, 1.54) is 24.0 Å². The van der Waals surface area contributed by atoms with Crippen LogP contribution in [0.5, 0.6) is 0 Å². The standard InChI is InChI=1S/C22H26O4/c23-21(25-15-17-7-3-1-4-8-17)19-11-13-20(14-12-19)22(24)26-16-18-9-5-2-6-10-18/h7,9,11-14H,1-6,8,10,15-16H2. The minimum Gasteiger partial charge on any atom is -0.458 e. The van der Waals surface area contributed by atoms with Crippen LogP contribution in [0.2, 0.25) is 0 Å². The Balaban J connectivity index is 1.48. The van der Waals surface area contributed by atoms with Crippen LogP contribution in [0.15, 0.2) is 47.6 Å². The van der Waals surface area contributed by atoms with Gasteiger partial charge in [-0.1, -0.05) is 12.2 Å². The fourth-order valence-electron chi connectivity index (χ4n) is 3.30. The Bertz CT molecular complexity index is 636. The van der Waals surface area contributed by atoms with Crippen LogP contribution in [0.4, 0.5) is 0 Å². The zero-order valence-electron chi connectivity index (χ0n) is 15.2. The molecule has 0 saturated carbocycles. The van der Waals surface area contributed by atoms with Gasteiger partial charge in [0.2, 0.25) is 0 Å². The molecule has 0 N–H and O–H groups in total. The largest absolute Gasteiger partial charge is 0.458 e. The summed E-state index contributed by atoms with van der Waals surface area (Å²) in [5.41, 5.74) is 3.30. The Morgan fingerprint density at radius 1 is 0.692 bits per heavy atom. The Kier molecular flexibility index (Phi) is 6.64. The second kappa shape index (κ2) is 9.37. The molecule has 0 aromatic heterocycles. The van der Waals surface area contributed by atoms with Crippen LogP contribution in [-0.2, 0) is 9.47 Å². The van der Waals surface area contributed by atoms with E-state index >= 15 is 0 Å². The first kappa shape index (κ1) is 18.4. The number of rotatable bonds is 6. The van der Waals surface area contributed by atoms with Gasteiger partial charge in [0.15, 0.2) is 0 Å². The van der Waals surface area contributed by atoms with Crippen molar-refractivity contribution in [3.8, 4) is 0 Å². The van der Waals surface area contributed by atoms with Gasteiger partial charge in [0.05, 0.1) is 11.1 Å². The third-order valence-electron chi connectivity index (χ3n) is 4.90. The van der Waals surface area contributed by atoms with E-state index in [9.17, 15) is 9.59 Å². The number of hydrogen-bond donors (Lipinski definition) is 0. The second-order valence-corrected chi connectivity index (χ2v) is 6.95. The molecule has 0 fully saturated rings. The van der Waals surface area contributed by atoms with Crippen molar-refractivity contribution in [1.29, 1.82) is 0 Å². The van der Waals surface area contributed by atoms with E-state index in [2.05, 4.69) is 12.2 Å². The van der Waals surface area contributed by atoms with Crippen molar-refractivity contribution in [2.24, 2.45) is 0 Å². The minimum absolute atomic E-state index is 0.358. The number of hydrogen-bond acceptors (Lipinski definition) is 4. The van der Waals surface area contributed by atoms with Gasteiger partial charge in [0, 0.05) is 0 Å². The van der Waals surface area contributed by atoms with Crippen LogP contribution < -0.4 is 0 Å². The van der Waals surface area contributed by atoms with Crippen molar-refractivity contribution in [1.82, 2.24) is 0 Å². The summed E-state index contributed by atoms with van der Waals surface area (Å²) in [4.78, 5) is 24.3. The average molecular weight is 354 g/mol. The summed E-state index contributed by atoms with van der Waals surface area (Å²) >= 11 is 0. The highest BCUT2D eigenvalue weighted by atomic mass is 16.5. The molecule has 1 aromatic carbocycles. The van der Waals surface area contributed by atoms with Gasteiger partial charge in [-0.3, -0.25) is 0 Å². The molecule has 2 aliphatic carbocycles. The van der Waals surface area contributed by atoms with Gasteiger partial charge in [-0.15, -0.1) is 0 Å². The monoisotopic (exact) mass is 354 g/mol. The van der Waals surface area contributed by atoms with Crippen molar-refractivity contribution < 1.29 is 19.1 Å². The summed E-state index contributed by atoms with van der Waals surface area (Å²) in [7, 11) is 0.